The van der Waals surface area contributed by atoms with E-state index in [-0.39, 0.29) is 17.4 Å². The highest BCUT2D eigenvalue weighted by Crippen LogP contribution is 2.24. The highest BCUT2D eigenvalue weighted by atomic mass is 35.5. The number of rotatable bonds is 2. The smallest absolute Gasteiger partial charge is 0.261 e. The van der Waals surface area contributed by atoms with Gasteiger partial charge in [0.2, 0.25) is 0 Å². The number of halogens is 1. The Bertz CT molecular complexity index is 861. The lowest BCUT2D eigenvalue weighted by molar-refractivity contribution is 0.0693. The number of fused-ring (bicyclic) bond motifs is 1. The minimum Gasteiger partial charge on any atom is -0.322 e. The molecule has 0 aliphatic carbocycles. The van der Waals surface area contributed by atoms with Crippen molar-refractivity contribution < 1.29 is 14.4 Å². The molecule has 1 N–H and O–H groups in total. The van der Waals surface area contributed by atoms with E-state index in [1.165, 1.54) is 25.2 Å². The maximum atomic E-state index is 12.4. The van der Waals surface area contributed by atoms with Crippen LogP contribution in [-0.4, -0.2) is 29.7 Å². The van der Waals surface area contributed by atoms with Crippen LogP contribution in [0.3, 0.4) is 0 Å². The van der Waals surface area contributed by atoms with Crippen molar-refractivity contribution in [2.24, 2.45) is 0 Å². The number of carbonyl (C=O) groups excluding carboxylic acids is 3. The molecule has 1 aliphatic rings. The molecular weight excluding hydrogens is 316 g/mol. The van der Waals surface area contributed by atoms with Crippen molar-refractivity contribution >= 4 is 35.0 Å². The predicted molar refractivity (Wildman–Crippen MR) is 87.0 cm³/mol. The summed E-state index contributed by atoms with van der Waals surface area (Å²) in [5.41, 5.74) is 2.33. The van der Waals surface area contributed by atoms with Gasteiger partial charge in [-0.25, -0.2) is 0 Å². The standard InChI is InChI=1S/C17H13ClN2O3/c1-9-3-5-11(18)8-14(9)19-15(21)10-4-6-12-13(7-10)17(23)20(2)16(12)22/h3-8H,1-2H3,(H,19,21). The summed E-state index contributed by atoms with van der Waals surface area (Å²) < 4.78 is 0. The van der Waals surface area contributed by atoms with Gasteiger partial charge in [-0.2, -0.15) is 0 Å². The Kier molecular flexibility index (Phi) is 3.66. The minimum absolute atomic E-state index is 0.243. The molecule has 2 aromatic carbocycles. The van der Waals surface area contributed by atoms with E-state index in [1.54, 1.807) is 18.2 Å². The molecule has 3 rings (SSSR count). The third kappa shape index (κ3) is 2.59. The number of benzene rings is 2. The predicted octanol–water partition coefficient (Wildman–Crippen LogP) is 3.13. The van der Waals surface area contributed by atoms with E-state index in [9.17, 15) is 14.4 Å². The molecule has 23 heavy (non-hydrogen) atoms. The van der Waals surface area contributed by atoms with Gasteiger partial charge in [-0.05, 0) is 42.8 Å². The van der Waals surface area contributed by atoms with Gasteiger partial charge in [0.15, 0.2) is 0 Å². The van der Waals surface area contributed by atoms with Gasteiger partial charge in [-0.3, -0.25) is 19.3 Å². The normalized spacial score (nSPS) is 13.3. The van der Waals surface area contributed by atoms with E-state index in [1.807, 2.05) is 6.92 Å². The summed E-state index contributed by atoms with van der Waals surface area (Å²) in [5.74, 6) is -1.13. The minimum atomic E-state index is -0.404. The van der Waals surface area contributed by atoms with Crippen molar-refractivity contribution in [3.8, 4) is 0 Å². The number of hydrogen-bond acceptors (Lipinski definition) is 3. The largest absolute Gasteiger partial charge is 0.322 e. The van der Waals surface area contributed by atoms with Crippen LogP contribution < -0.4 is 5.32 Å². The molecular formula is C17H13ClN2O3. The van der Waals surface area contributed by atoms with E-state index in [2.05, 4.69) is 5.32 Å². The summed E-state index contributed by atoms with van der Waals surface area (Å²) in [5, 5.41) is 3.28. The second-order valence-corrected chi connectivity index (χ2v) is 5.78. The van der Waals surface area contributed by atoms with Crippen LogP contribution in [0.15, 0.2) is 36.4 Å². The number of carbonyl (C=O) groups is 3. The Morgan fingerprint density at radius 2 is 1.74 bits per heavy atom. The van der Waals surface area contributed by atoms with Gasteiger partial charge in [0.1, 0.15) is 0 Å². The van der Waals surface area contributed by atoms with Crippen LogP contribution in [0, 0.1) is 6.92 Å². The van der Waals surface area contributed by atoms with Gasteiger partial charge < -0.3 is 5.32 Å². The number of imide groups is 1. The molecule has 116 valence electrons. The Hall–Kier alpha value is -2.66. The Balaban J connectivity index is 1.92. The summed E-state index contributed by atoms with van der Waals surface area (Å²) in [6.45, 7) is 1.85. The number of nitrogens with one attached hydrogen (secondary N) is 1. The zero-order valence-corrected chi connectivity index (χ0v) is 13.3. The quantitative estimate of drug-likeness (QED) is 0.861. The summed E-state index contributed by atoms with van der Waals surface area (Å²) in [4.78, 5) is 37.3. The molecule has 1 heterocycles. The van der Waals surface area contributed by atoms with Gasteiger partial charge in [-0.15, -0.1) is 0 Å². The first kappa shape index (κ1) is 15.2. The zero-order chi connectivity index (χ0) is 16.7. The summed E-state index contributed by atoms with van der Waals surface area (Å²) in [6.07, 6.45) is 0. The van der Waals surface area contributed by atoms with E-state index >= 15 is 0 Å². The second kappa shape index (κ2) is 5.52. The fourth-order valence-corrected chi connectivity index (χ4v) is 2.60. The number of anilines is 1. The maximum absolute atomic E-state index is 12.4. The lowest BCUT2D eigenvalue weighted by atomic mass is 10.0. The van der Waals surface area contributed by atoms with Gasteiger partial charge in [0, 0.05) is 23.3 Å². The molecule has 3 amide bonds. The number of nitrogens with zero attached hydrogens (tertiary/aromatic N) is 1. The first-order valence-corrected chi connectivity index (χ1v) is 7.30. The Morgan fingerprint density at radius 3 is 2.48 bits per heavy atom. The number of aryl methyl sites for hydroxylation is 1. The molecule has 0 atom stereocenters. The second-order valence-electron chi connectivity index (χ2n) is 5.34. The van der Waals surface area contributed by atoms with Crippen molar-refractivity contribution in [1.29, 1.82) is 0 Å². The Labute approximate surface area is 137 Å². The average molecular weight is 329 g/mol. The molecule has 5 nitrogen and oxygen atoms in total. The van der Waals surface area contributed by atoms with Gasteiger partial charge in [0.25, 0.3) is 17.7 Å². The topological polar surface area (TPSA) is 66.5 Å². The number of hydrogen-bond donors (Lipinski definition) is 1. The summed E-state index contributed by atoms with van der Waals surface area (Å²) in [7, 11) is 1.42. The maximum Gasteiger partial charge on any atom is 0.261 e. The van der Waals surface area contributed by atoms with Crippen molar-refractivity contribution in [3.05, 3.63) is 63.7 Å². The van der Waals surface area contributed by atoms with Crippen LogP contribution in [0.1, 0.15) is 36.6 Å². The van der Waals surface area contributed by atoms with Gasteiger partial charge >= 0.3 is 0 Å². The molecule has 6 heteroatoms. The van der Waals surface area contributed by atoms with Crippen molar-refractivity contribution in [2.75, 3.05) is 12.4 Å². The van der Waals surface area contributed by atoms with Crippen LogP contribution in [0.2, 0.25) is 5.02 Å². The zero-order valence-electron chi connectivity index (χ0n) is 12.5. The van der Waals surface area contributed by atoms with Crippen LogP contribution in [-0.2, 0) is 0 Å². The SMILES string of the molecule is Cc1ccc(Cl)cc1NC(=O)c1ccc2c(c1)C(=O)N(C)C2=O. The molecule has 0 radical (unpaired) electrons. The summed E-state index contributed by atoms with van der Waals surface area (Å²) >= 11 is 5.94. The first-order chi connectivity index (χ1) is 10.9. The van der Waals surface area contributed by atoms with E-state index in [0.29, 0.717) is 21.8 Å². The van der Waals surface area contributed by atoms with Gasteiger partial charge in [-0.1, -0.05) is 17.7 Å². The fraction of sp³-hybridized carbons (Fsp3) is 0.118. The molecule has 0 fully saturated rings. The lowest BCUT2D eigenvalue weighted by Gasteiger charge is -2.09. The van der Waals surface area contributed by atoms with E-state index < -0.39 is 5.91 Å². The molecule has 0 bridgehead atoms. The third-order valence-corrected chi connectivity index (χ3v) is 4.03. The van der Waals surface area contributed by atoms with Crippen LogP contribution in [0.25, 0.3) is 0 Å². The van der Waals surface area contributed by atoms with Crippen molar-refractivity contribution in [1.82, 2.24) is 4.90 Å². The first-order valence-electron chi connectivity index (χ1n) is 6.92. The Morgan fingerprint density at radius 1 is 1.04 bits per heavy atom. The highest BCUT2D eigenvalue weighted by molar-refractivity contribution is 6.31. The third-order valence-electron chi connectivity index (χ3n) is 3.80. The molecule has 0 saturated heterocycles. The van der Waals surface area contributed by atoms with Crippen LogP contribution in [0.4, 0.5) is 5.69 Å². The number of amides is 3. The lowest BCUT2D eigenvalue weighted by Crippen LogP contribution is -2.24. The monoisotopic (exact) mass is 328 g/mol. The molecule has 0 unspecified atom stereocenters. The van der Waals surface area contributed by atoms with Crippen molar-refractivity contribution in [3.63, 3.8) is 0 Å². The fourth-order valence-electron chi connectivity index (χ4n) is 2.43. The van der Waals surface area contributed by atoms with E-state index in [0.717, 1.165) is 10.5 Å². The van der Waals surface area contributed by atoms with Crippen molar-refractivity contribution in [2.45, 2.75) is 6.92 Å². The highest BCUT2D eigenvalue weighted by Gasteiger charge is 2.33. The molecule has 2 aromatic rings. The molecule has 1 aliphatic heterocycles. The molecule has 0 saturated carbocycles. The van der Waals surface area contributed by atoms with Crippen LogP contribution >= 0.6 is 11.6 Å². The summed E-state index contributed by atoms with van der Waals surface area (Å²) in [6, 6.07) is 9.66. The van der Waals surface area contributed by atoms with Crippen LogP contribution in [0.5, 0.6) is 0 Å². The average Bonchev–Trinajstić information content (AvgIpc) is 2.75. The molecule has 0 aromatic heterocycles. The van der Waals surface area contributed by atoms with Gasteiger partial charge in [0.05, 0.1) is 11.1 Å². The van der Waals surface area contributed by atoms with E-state index in [4.69, 9.17) is 11.6 Å². The molecule has 0 spiro atoms.